The minimum atomic E-state index is 0.533. The van der Waals surface area contributed by atoms with Gasteiger partial charge in [0.05, 0.1) is 6.10 Å². The number of hydrogen-bond donors (Lipinski definition) is 1. The fourth-order valence-corrected chi connectivity index (χ4v) is 3.49. The van der Waals surface area contributed by atoms with E-state index in [0.717, 1.165) is 12.6 Å². The highest BCUT2D eigenvalue weighted by molar-refractivity contribution is 4.85. The monoisotopic (exact) mass is 268 g/mol. The average molecular weight is 268 g/mol. The second-order valence-corrected chi connectivity index (χ2v) is 6.23. The molecular formula is C16H32N2O. The molecule has 1 N–H and O–H groups in total. The summed E-state index contributed by atoms with van der Waals surface area (Å²) in [5.74, 6) is 0. The van der Waals surface area contributed by atoms with Gasteiger partial charge in [-0.05, 0) is 38.5 Å². The van der Waals surface area contributed by atoms with Gasteiger partial charge in [-0.2, -0.15) is 0 Å². The molecule has 2 rings (SSSR count). The number of nitrogens with one attached hydrogen (secondary N) is 1. The molecule has 19 heavy (non-hydrogen) atoms. The van der Waals surface area contributed by atoms with Crippen LogP contribution in [0.5, 0.6) is 0 Å². The van der Waals surface area contributed by atoms with Crippen molar-refractivity contribution in [1.29, 1.82) is 0 Å². The Bertz CT molecular complexity index is 241. The van der Waals surface area contributed by atoms with E-state index in [1.807, 2.05) is 0 Å². The van der Waals surface area contributed by atoms with Gasteiger partial charge in [-0.25, -0.2) is 0 Å². The first-order chi connectivity index (χ1) is 9.33. The van der Waals surface area contributed by atoms with Gasteiger partial charge in [-0.3, -0.25) is 4.90 Å². The molecule has 2 aliphatic rings. The second-order valence-electron chi connectivity index (χ2n) is 6.23. The minimum Gasteiger partial charge on any atom is -0.378 e. The summed E-state index contributed by atoms with van der Waals surface area (Å²) in [4.78, 5) is 2.72. The Morgan fingerprint density at radius 3 is 2.79 bits per heavy atom. The molecule has 2 aliphatic heterocycles. The number of rotatable bonds is 6. The van der Waals surface area contributed by atoms with Crippen molar-refractivity contribution in [1.82, 2.24) is 10.2 Å². The Kier molecular flexibility index (Phi) is 6.62. The SMILES string of the molecule is CCCC1CN(CCC2CCCCO2)C(CC)CN1. The number of ether oxygens (including phenoxy) is 1. The van der Waals surface area contributed by atoms with E-state index in [0.29, 0.717) is 12.1 Å². The Morgan fingerprint density at radius 1 is 1.21 bits per heavy atom. The van der Waals surface area contributed by atoms with E-state index in [-0.39, 0.29) is 0 Å². The van der Waals surface area contributed by atoms with Gasteiger partial charge in [-0.15, -0.1) is 0 Å². The van der Waals surface area contributed by atoms with Crippen LogP contribution >= 0.6 is 0 Å². The zero-order valence-corrected chi connectivity index (χ0v) is 12.9. The molecule has 0 spiro atoms. The van der Waals surface area contributed by atoms with E-state index in [4.69, 9.17) is 4.74 Å². The van der Waals surface area contributed by atoms with Crippen LogP contribution < -0.4 is 5.32 Å². The maximum atomic E-state index is 5.87. The summed E-state index contributed by atoms with van der Waals surface area (Å²) < 4.78 is 5.87. The molecule has 112 valence electrons. The summed E-state index contributed by atoms with van der Waals surface area (Å²) in [6.45, 7) is 9.23. The molecule has 3 heteroatoms. The van der Waals surface area contributed by atoms with Crippen molar-refractivity contribution < 1.29 is 4.74 Å². The molecule has 0 bridgehead atoms. The summed E-state index contributed by atoms with van der Waals surface area (Å²) in [7, 11) is 0. The molecule has 0 aliphatic carbocycles. The van der Waals surface area contributed by atoms with Gasteiger partial charge in [0, 0.05) is 38.3 Å². The molecule has 2 heterocycles. The van der Waals surface area contributed by atoms with Crippen LogP contribution in [0, 0.1) is 0 Å². The van der Waals surface area contributed by atoms with Crippen molar-refractivity contribution in [2.24, 2.45) is 0 Å². The summed E-state index contributed by atoms with van der Waals surface area (Å²) in [5, 5.41) is 3.72. The molecule has 2 fully saturated rings. The molecule has 3 unspecified atom stereocenters. The predicted molar refractivity (Wildman–Crippen MR) is 80.6 cm³/mol. The minimum absolute atomic E-state index is 0.533. The van der Waals surface area contributed by atoms with Gasteiger partial charge in [-0.1, -0.05) is 20.3 Å². The zero-order chi connectivity index (χ0) is 13.5. The Labute approximate surface area is 119 Å². The Hall–Kier alpha value is -0.120. The second kappa shape index (κ2) is 8.23. The van der Waals surface area contributed by atoms with Crippen LogP contribution in [-0.4, -0.2) is 49.3 Å². The number of piperazine rings is 1. The molecule has 0 amide bonds. The Balaban J connectivity index is 1.76. The van der Waals surface area contributed by atoms with Gasteiger partial charge in [0.2, 0.25) is 0 Å². The topological polar surface area (TPSA) is 24.5 Å². The van der Waals surface area contributed by atoms with Crippen LogP contribution in [0.3, 0.4) is 0 Å². The third-order valence-corrected chi connectivity index (χ3v) is 4.73. The van der Waals surface area contributed by atoms with E-state index < -0.39 is 0 Å². The highest BCUT2D eigenvalue weighted by Gasteiger charge is 2.26. The standard InChI is InChI=1S/C16H32N2O/c1-3-7-14-13-18(15(4-2)12-17-14)10-9-16-8-5-6-11-19-16/h14-17H,3-13H2,1-2H3. The average Bonchev–Trinajstić information content (AvgIpc) is 2.47. The number of hydrogen-bond acceptors (Lipinski definition) is 3. The van der Waals surface area contributed by atoms with Crippen molar-refractivity contribution in [3.05, 3.63) is 0 Å². The fourth-order valence-electron chi connectivity index (χ4n) is 3.49. The summed E-state index contributed by atoms with van der Waals surface area (Å²) in [6, 6.07) is 1.44. The lowest BCUT2D eigenvalue weighted by Gasteiger charge is -2.41. The van der Waals surface area contributed by atoms with Gasteiger partial charge in [0.15, 0.2) is 0 Å². The first-order valence-electron chi connectivity index (χ1n) is 8.42. The first kappa shape index (κ1) is 15.3. The molecule has 2 saturated heterocycles. The molecule has 0 radical (unpaired) electrons. The van der Waals surface area contributed by atoms with Gasteiger partial charge < -0.3 is 10.1 Å². The first-order valence-corrected chi connectivity index (χ1v) is 8.42. The van der Waals surface area contributed by atoms with Crippen LogP contribution in [0.2, 0.25) is 0 Å². The fraction of sp³-hybridized carbons (Fsp3) is 1.00. The lowest BCUT2D eigenvalue weighted by atomic mass is 10.0. The lowest BCUT2D eigenvalue weighted by molar-refractivity contribution is -0.000535. The van der Waals surface area contributed by atoms with Gasteiger partial charge in [0.25, 0.3) is 0 Å². The highest BCUT2D eigenvalue weighted by atomic mass is 16.5. The highest BCUT2D eigenvalue weighted by Crippen LogP contribution is 2.19. The summed E-state index contributed by atoms with van der Waals surface area (Å²) >= 11 is 0. The van der Waals surface area contributed by atoms with Crippen molar-refractivity contribution >= 4 is 0 Å². The van der Waals surface area contributed by atoms with Crippen LogP contribution in [0.1, 0.15) is 58.8 Å². The van der Waals surface area contributed by atoms with E-state index in [1.54, 1.807) is 0 Å². The van der Waals surface area contributed by atoms with Crippen LogP contribution in [0.25, 0.3) is 0 Å². The van der Waals surface area contributed by atoms with Crippen LogP contribution in [-0.2, 0) is 4.74 Å². The van der Waals surface area contributed by atoms with Gasteiger partial charge in [0.1, 0.15) is 0 Å². The summed E-state index contributed by atoms with van der Waals surface area (Å²) in [6.07, 6.45) is 9.53. The quantitative estimate of drug-likeness (QED) is 0.801. The Morgan fingerprint density at radius 2 is 2.11 bits per heavy atom. The molecule has 0 aromatic heterocycles. The van der Waals surface area contributed by atoms with Crippen LogP contribution in [0.4, 0.5) is 0 Å². The smallest absolute Gasteiger partial charge is 0.0587 e. The van der Waals surface area contributed by atoms with Crippen molar-refractivity contribution in [3.63, 3.8) is 0 Å². The van der Waals surface area contributed by atoms with Gasteiger partial charge >= 0.3 is 0 Å². The molecule has 0 aromatic rings. The molecule has 0 aromatic carbocycles. The molecule has 3 nitrogen and oxygen atoms in total. The third-order valence-electron chi connectivity index (χ3n) is 4.73. The molecular weight excluding hydrogens is 236 g/mol. The largest absolute Gasteiger partial charge is 0.378 e. The number of nitrogens with zero attached hydrogens (tertiary/aromatic N) is 1. The maximum absolute atomic E-state index is 5.87. The van der Waals surface area contributed by atoms with E-state index in [9.17, 15) is 0 Å². The molecule has 0 saturated carbocycles. The van der Waals surface area contributed by atoms with Crippen molar-refractivity contribution in [2.45, 2.75) is 77.0 Å². The van der Waals surface area contributed by atoms with Crippen molar-refractivity contribution in [2.75, 3.05) is 26.2 Å². The van der Waals surface area contributed by atoms with E-state index >= 15 is 0 Å². The molecule has 3 atom stereocenters. The van der Waals surface area contributed by atoms with E-state index in [2.05, 4.69) is 24.1 Å². The van der Waals surface area contributed by atoms with Crippen molar-refractivity contribution in [3.8, 4) is 0 Å². The van der Waals surface area contributed by atoms with E-state index in [1.165, 1.54) is 64.6 Å². The lowest BCUT2D eigenvalue weighted by Crippen LogP contribution is -2.56. The zero-order valence-electron chi connectivity index (χ0n) is 12.9. The predicted octanol–water partition coefficient (Wildman–Crippen LogP) is 2.80. The maximum Gasteiger partial charge on any atom is 0.0587 e. The third kappa shape index (κ3) is 4.73. The normalized spacial score (nSPS) is 33.5. The van der Waals surface area contributed by atoms with Crippen LogP contribution in [0.15, 0.2) is 0 Å². The summed E-state index contributed by atoms with van der Waals surface area (Å²) in [5.41, 5.74) is 0.